The highest BCUT2D eigenvalue weighted by molar-refractivity contribution is 6.29. The first-order valence-corrected chi connectivity index (χ1v) is 42.0. The lowest BCUT2D eigenvalue weighted by Crippen LogP contribution is -2.07. The Bertz CT molecular complexity index is 1900. The molecule has 0 heterocycles. The predicted molar refractivity (Wildman–Crippen MR) is 410 cm³/mol. The van der Waals surface area contributed by atoms with Gasteiger partial charge in [0.05, 0.1) is 26.4 Å². The minimum atomic E-state index is 0.713. The maximum absolute atomic E-state index is 7.09. The molecule has 0 fully saturated rings. The normalized spacial score (nSPS) is 11.8. The van der Waals surface area contributed by atoms with Gasteiger partial charge in [0.1, 0.15) is 0 Å². The first-order valence-electron chi connectivity index (χ1n) is 42.0. The fourth-order valence-corrected chi connectivity index (χ4v) is 14.8. The molecule has 530 valence electrons. The number of hydrogen-bond acceptors (Lipinski definition) is 4. The summed E-state index contributed by atoms with van der Waals surface area (Å²) in [6.07, 6.45) is 87.7. The van der Waals surface area contributed by atoms with Crippen molar-refractivity contribution in [2.24, 2.45) is 0 Å². The molecule has 0 bridgehead atoms. The second-order valence-electron chi connectivity index (χ2n) is 29.4. The number of unbranched alkanes of at least 4 members (excludes halogenated alkanes) is 60. The fourth-order valence-electron chi connectivity index (χ4n) is 14.8. The Morgan fingerprint density at radius 1 is 0.163 bits per heavy atom. The van der Waals surface area contributed by atoms with Gasteiger partial charge in [0.2, 0.25) is 0 Å². The van der Waals surface area contributed by atoms with Gasteiger partial charge in [0.15, 0.2) is 23.0 Å². The summed E-state index contributed by atoms with van der Waals surface area (Å²) in [5.74, 6) is 3.72. The van der Waals surface area contributed by atoms with Crippen LogP contribution in [-0.2, 0) is 0 Å². The Hall–Kier alpha value is -2.88. The van der Waals surface area contributed by atoms with Gasteiger partial charge in [-0.3, -0.25) is 0 Å². The molecule has 4 rings (SSSR count). The Labute approximate surface area is 572 Å². The van der Waals surface area contributed by atoms with Crippen molar-refractivity contribution >= 4 is 32.3 Å². The maximum Gasteiger partial charge on any atom is 0.169 e. The highest BCUT2D eigenvalue weighted by Crippen LogP contribution is 2.53. The van der Waals surface area contributed by atoms with E-state index in [0.717, 1.165) is 70.2 Å². The molecule has 0 atom stereocenters. The van der Waals surface area contributed by atoms with Gasteiger partial charge >= 0.3 is 0 Å². The molecule has 0 amide bonds. The van der Waals surface area contributed by atoms with E-state index in [1.807, 2.05) is 0 Å². The Morgan fingerprint density at radius 3 is 0.413 bits per heavy atom. The molecule has 0 aliphatic carbocycles. The van der Waals surface area contributed by atoms with Crippen LogP contribution < -0.4 is 18.9 Å². The van der Waals surface area contributed by atoms with E-state index in [-0.39, 0.29) is 0 Å². The number of hydrogen-bond donors (Lipinski definition) is 0. The van der Waals surface area contributed by atoms with Crippen LogP contribution in [0.25, 0.3) is 32.3 Å². The molecular formula is C88H154O4. The van der Waals surface area contributed by atoms with Crippen LogP contribution >= 0.6 is 0 Å². The van der Waals surface area contributed by atoms with Crippen molar-refractivity contribution < 1.29 is 18.9 Å². The monoisotopic (exact) mass is 1280 g/mol. The smallest absolute Gasteiger partial charge is 0.169 e. The largest absolute Gasteiger partial charge is 0.489 e. The molecule has 0 saturated heterocycles. The fraction of sp³-hybridized carbons (Fsp3) is 0.818. The van der Waals surface area contributed by atoms with Crippen molar-refractivity contribution in [1.82, 2.24) is 0 Å². The Balaban J connectivity index is 1.39. The third-order valence-corrected chi connectivity index (χ3v) is 20.7. The van der Waals surface area contributed by atoms with E-state index in [0.29, 0.717) is 26.4 Å². The van der Waals surface area contributed by atoms with Gasteiger partial charge in [-0.05, 0) is 25.7 Å². The summed E-state index contributed by atoms with van der Waals surface area (Å²) in [5.41, 5.74) is 0. The zero-order chi connectivity index (χ0) is 64.9. The summed E-state index contributed by atoms with van der Waals surface area (Å²) in [6.45, 7) is 12.1. The predicted octanol–water partition coefficient (Wildman–Crippen LogP) is 31.1. The molecule has 0 unspecified atom stereocenters. The molecule has 0 spiro atoms. The van der Waals surface area contributed by atoms with Crippen molar-refractivity contribution in [3.8, 4) is 23.0 Å². The van der Waals surface area contributed by atoms with Gasteiger partial charge in [-0.2, -0.15) is 0 Å². The van der Waals surface area contributed by atoms with E-state index in [4.69, 9.17) is 18.9 Å². The average Bonchev–Trinajstić information content (AvgIpc) is 0.715. The van der Waals surface area contributed by atoms with Crippen LogP contribution in [0.2, 0.25) is 0 Å². The van der Waals surface area contributed by atoms with Crippen LogP contribution in [0.15, 0.2) is 36.4 Å². The van der Waals surface area contributed by atoms with Gasteiger partial charge in [-0.1, -0.05) is 449 Å². The van der Waals surface area contributed by atoms with Gasteiger partial charge in [-0.15, -0.1) is 0 Å². The minimum Gasteiger partial charge on any atom is -0.489 e. The van der Waals surface area contributed by atoms with E-state index >= 15 is 0 Å². The zero-order valence-electron chi connectivity index (χ0n) is 62.2. The van der Waals surface area contributed by atoms with Gasteiger partial charge in [0, 0.05) is 32.3 Å². The molecular weight excluding hydrogens is 1120 g/mol. The highest BCUT2D eigenvalue weighted by atomic mass is 16.5. The van der Waals surface area contributed by atoms with E-state index in [1.165, 1.54) is 396 Å². The SMILES string of the molecule is CCCCCCCCCCCCCCCCCCOc1c(OCCCCCCCCCCCCCCCCCC)c2cccc3c(OCCCCCCCCCCCCCCCCCC)c(OCCCCCCCCCCCCCCCCCC)c4cccc1c4c23. The number of benzene rings is 4. The number of ether oxygens (including phenoxy) is 4. The lowest BCUT2D eigenvalue weighted by Gasteiger charge is -2.24. The molecule has 4 aromatic carbocycles. The van der Waals surface area contributed by atoms with Crippen molar-refractivity contribution in [1.29, 1.82) is 0 Å². The second-order valence-corrected chi connectivity index (χ2v) is 29.4. The average molecular weight is 1280 g/mol. The molecule has 0 aliphatic rings. The first kappa shape index (κ1) is 81.5. The van der Waals surface area contributed by atoms with Gasteiger partial charge in [-0.25, -0.2) is 0 Å². The summed E-state index contributed by atoms with van der Waals surface area (Å²) in [5, 5.41) is 7.10. The Kier molecular flexibility index (Phi) is 53.6. The second kappa shape index (κ2) is 60.5. The number of rotatable bonds is 72. The first-order chi connectivity index (χ1) is 45.8. The molecule has 4 nitrogen and oxygen atoms in total. The molecule has 0 aliphatic heterocycles. The molecule has 4 heteroatoms. The zero-order valence-corrected chi connectivity index (χ0v) is 62.2. The van der Waals surface area contributed by atoms with Crippen LogP contribution in [-0.4, -0.2) is 26.4 Å². The van der Waals surface area contributed by atoms with E-state index in [9.17, 15) is 0 Å². The van der Waals surface area contributed by atoms with Gasteiger partial charge in [0.25, 0.3) is 0 Å². The molecule has 0 radical (unpaired) electrons. The lowest BCUT2D eigenvalue weighted by atomic mass is 9.91. The van der Waals surface area contributed by atoms with Crippen LogP contribution in [0, 0.1) is 0 Å². The summed E-state index contributed by atoms with van der Waals surface area (Å²) in [4.78, 5) is 0. The van der Waals surface area contributed by atoms with Crippen molar-refractivity contribution in [3.63, 3.8) is 0 Å². The summed E-state index contributed by atoms with van der Waals surface area (Å²) < 4.78 is 28.4. The minimum absolute atomic E-state index is 0.713. The van der Waals surface area contributed by atoms with E-state index in [1.54, 1.807) is 0 Å². The quantitative estimate of drug-likeness (QED) is 0.0326. The van der Waals surface area contributed by atoms with Crippen molar-refractivity contribution in [2.75, 3.05) is 26.4 Å². The molecule has 0 N–H and O–H groups in total. The van der Waals surface area contributed by atoms with Crippen LogP contribution in [0.3, 0.4) is 0 Å². The molecule has 0 aromatic heterocycles. The Morgan fingerprint density at radius 2 is 0.283 bits per heavy atom. The summed E-state index contributed by atoms with van der Waals surface area (Å²) in [7, 11) is 0. The molecule has 92 heavy (non-hydrogen) atoms. The van der Waals surface area contributed by atoms with Crippen LogP contribution in [0.1, 0.15) is 439 Å². The van der Waals surface area contributed by atoms with Gasteiger partial charge < -0.3 is 18.9 Å². The van der Waals surface area contributed by atoms with Crippen molar-refractivity contribution in [3.05, 3.63) is 36.4 Å². The van der Waals surface area contributed by atoms with Crippen molar-refractivity contribution in [2.45, 2.75) is 439 Å². The summed E-state index contributed by atoms with van der Waals surface area (Å²) in [6, 6.07) is 13.7. The highest BCUT2D eigenvalue weighted by Gasteiger charge is 2.26. The maximum atomic E-state index is 7.09. The molecule has 4 aromatic rings. The summed E-state index contributed by atoms with van der Waals surface area (Å²) >= 11 is 0. The lowest BCUT2D eigenvalue weighted by molar-refractivity contribution is 0.262. The third-order valence-electron chi connectivity index (χ3n) is 20.7. The van der Waals surface area contributed by atoms with E-state index < -0.39 is 0 Å². The molecule has 0 saturated carbocycles. The van der Waals surface area contributed by atoms with Crippen LogP contribution in [0.5, 0.6) is 23.0 Å². The third kappa shape index (κ3) is 38.8. The topological polar surface area (TPSA) is 36.9 Å². The van der Waals surface area contributed by atoms with Crippen LogP contribution in [0.4, 0.5) is 0 Å². The standard InChI is InChI=1S/C88H154O4/c1-5-9-13-17-21-25-29-33-37-41-45-49-53-57-61-65-75-89-85-79-71-69-73-81-83(79)84-80(86(85)90-76-66-62-58-54-50-46-42-38-34-30-26-22-18-14-10-6-2)72-70-74-82(84)88(92-78-68-64-60-56-52-48-44-40-36-32-28-24-20-16-12-8-4)87(81)91-77-67-63-59-55-51-47-43-39-35-31-27-23-19-15-11-7-3/h69-74H,5-68,75-78H2,1-4H3. The van der Waals surface area contributed by atoms with E-state index in [2.05, 4.69) is 64.1 Å².